The van der Waals surface area contributed by atoms with E-state index in [2.05, 4.69) is 17.5 Å². The lowest BCUT2D eigenvalue weighted by Gasteiger charge is -2.31. The third-order valence-electron chi connectivity index (χ3n) is 4.07. The van der Waals surface area contributed by atoms with Crippen LogP contribution >= 0.6 is 0 Å². The van der Waals surface area contributed by atoms with Crippen molar-refractivity contribution >= 4 is 5.97 Å². The molecule has 2 atom stereocenters. The fourth-order valence-corrected chi connectivity index (χ4v) is 3.05. The molecule has 0 radical (unpaired) electrons. The summed E-state index contributed by atoms with van der Waals surface area (Å²) in [5.41, 5.74) is 0. The molecule has 2 aliphatic carbocycles. The minimum atomic E-state index is -0.670. The molecule has 0 bridgehead atoms. The van der Waals surface area contributed by atoms with Crippen LogP contribution < -0.4 is 5.32 Å². The molecule has 3 nitrogen and oxygen atoms in total. The fraction of sp³-hybridized carbons (Fsp3) is 0.786. The van der Waals surface area contributed by atoms with Gasteiger partial charge in [-0.2, -0.15) is 0 Å². The lowest BCUT2D eigenvalue weighted by molar-refractivity contribution is -0.141. The van der Waals surface area contributed by atoms with Crippen LogP contribution in [0.15, 0.2) is 12.2 Å². The van der Waals surface area contributed by atoms with Crippen molar-refractivity contribution in [1.82, 2.24) is 5.32 Å². The second-order valence-corrected chi connectivity index (χ2v) is 5.36. The molecule has 0 amide bonds. The van der Waals surface area contributed by atoms with Crippen molar-refractivity contribution in [3.8, 4) is 0 Å². The second kappa shape index (κ2) is 6.20. The zero-order valence-electron chi connectivity index (χ0n) is 10.4. The van der Waals surface area contributed by atoms with Gasteiger partial charge in [0.2, 0.25) is 0 Å². The van der Waals surface area contributed by atoms with E-state index in [9.17, 15) is 9.90 Å². The van der Waals surface area contributed by atoms with Crippen LogP contribution in [0.4, 0.5) is 0 Å². The quantitative estimate of drug-likeness (QED) is 0.739. The number of nitrogens with one attached hydrogen (secondary N) is 1. The Morgan fingerprint density at radius 3 is 2.53 bits per heavy atom. The maximum atomic E-state index is 11.4. The molecule has 0 aromatic rings. The second-order valence-electron chi connectivity index (χ2n) is 5.36. The van der Waals surface area contributed by atoms with Gasteiger partial charge >= 0.3 is 5.97 Å². The Hall–Kier alpha value is -0.830. The van der Waals surface area contributed by atoms with E-state index in [-0.39, 0.29) is 12.0 Å². The van der Waals surface area contributed by atoms with Crippen molar-refractivity contribution in [2.24, 2.45) is 5.92 Å². The van der Waals surface area contributed by atoms with Crippen LogP contribution in [-0.2, 0) is 4.79 Å². The van der Waals surface area contributed by atoms with E-state index < -0.39 is 5.97 Å². The monoisotopic (exact) mass is 237 g/mol. The number of rotatable bonds is 4. The number of carboxylic acid groups (broad SMARTS) is 1. The molecule has 2 unspecified atom stereocenters. The Morgan fingerprint density at radius 2 is 1.94 bits per heavy atom. The van der Waals surface area contributed by atoms with Gasteiger partial charge in [0.1, 0.15) is 6.04 Å². The van der Waals surface area contributed by atoms with E-state index in [0.29, 0.717) is 6.04 Å². The predicted octanol–water partition coefficient (Wildman–Crippen LogP) is 2.72. The molecule has 0 aromatic heterocycles. The number of hydrogen-bond donors (Lipinski definition) is 2. The summed E-state index contributed by atoms with van der Waals surface area (Å²) < 4.78 is 0. The van der Waals surface area contributed by atoms with Gasteiger partial charge in [-0.05, 0) is 38.0 Å². The van der Waals surface area contributed by atoms with E-state index in [0.717, 1.165) is 32.1 Å². The first kappa shape index (κ1) is 12.6. The molecule has 17 heavy (non-hydrogen) atoms. The molecule has 1 saturated carbocycles. The predicted molar refractivity (Wildman–Crippen MR) is 67.9 cm³/mol. The lowest BCUT2D eigenvalue weighted by Crippen LogP contribution is -2.48. The smallest absolute Gasteiger partial charge is 0.321 e. The molecule has 1 fully saturated rings. The number of hydrogen-bond acceptors (Lipinski definition) is 2. The van der Waals surface area contributed by atoms with E-state index >= 15 is 0 Å². The zero-order chi connectivity index (χ0) is 12.1. The van der Waals surface area contributed by atoms with E-state index in [1.54, 1.807) is 0 Å². The Morgan fingerprint density at radius 1 is 1.18 bits per heavy atom. The van der Waals surface area contributed by atoms with Crippen LogP contribution in [0.1, 0.15) is 51.4 Å². The summed E-state index contributed by atoms with van der Waals surface area (Å²) in [6.07, 6.45) is 13.3. The summed E-state index contributed by atoms with van der Waals surface area (Å²) in [5, 5.41) is 12.8. The molecule has 2 N–H and O–H groups in total. The van der Waals surface area contributed by atoms with Gasteiger partial charge in [-0.25, -0.2) is 0 Å². The first-order valence-corrected chi connectivity index (χ1v) is 6.91. The highest BCUT2D eigenvalue weighted by molar-refractivity contribution is 5.74. The molecule has 0 aromatic carbocycles. The third-order valence-corrected chi connectivity index (χ3v) is 4.07. The SMILES string of the molecule is O=C(O)C(NC1CCCCC1)C1CC=CCC1. The van der Waals surface area contributed by atoms with Crippen molar-refractivity contribution in [2.45, 2.75) is 63.5 Å². The van der Waals surface area contributed by atoms with Crippen LogP contribution in [-0.4, -0.2) is 23.2 Å². The molecule has 2 rings (SSSR count). The summed E-state index contributed by atoms with van der Waals surface area (Å²) in [5.74, 6) is -0.393. The summed E-state index contributed by atoms with van der Waals surface area (Å²) >= 11 is 0. The van der Waals surface area contributed by atoms with Crippen molar-refractivity contribution in [3.63, 3.8) is 0 Å². The summed E-state index contributed by atoms with van der Waals surface area (Å²) in [6.45, 7) is 0. The van der Waals surface area contributed by atoms with Gasteiger partial charge in [0.25, 0.3) is 0 Å². The maximum Gasteiger partial charge on any atom is 0.321 e. The highest BCUT2D eigenvalue weighted by Gasteiger charge is 2.30. The largest absolute Gasteiger partial charge is 0.480 e. The number of carbonyl (C=O) groups is 1. The van der Waals surface area contributed by atoms with Gasteiger partial charge < -0.3 is 10.4 Å². The van der Waals surface area contributed by atoms with Crippen molar-refractivity contribution in [2.75, 3.05) is 0 Å². The Labute approximate surface area is 103 Å². The molecular formula is C14H23NO2. The van der Waals surface area contributed by atoms with Gasteiger partial charge in [0.15, 0.2) is 0 Å². The van der Waals surface area contributed by atoms with Gasteiger partial charge in [-0.1, -0.05) is 31.4 Å². The first-order valence-electron chi connectivity index (χ1n) is 6.91. The van der Waals surface area contributed by atoms with Crippen molar-refractivity contribution in [3.05, 3.63) is 12.2 Å². The Bertz CT molecular complexity index is 282. The van der Waals surface area contributed by atoms with Gasteiger partial charge in [0.05, 0.1) is 0 Å². The molecule has 2 aliphatic rings. The summed E-state index contributed by atoms with van der Waals surface area (Å²) in [4.78, 5) is 11.4. The molecular weight excluding hydrogens is 214 g/mol. The topological polar surface area (TPSA) is 49.3 Å². The van der Waals surface area contributed by atoms with Gasteiger partial charge in [-0.15, -0.1) is 0 Å². The minimum absolute atomic E-state index is 0.277. The highest BCUT2D eigenvalue weighted by Crippen LogP contribution is 2.24. The van der Waals surface area contributed by atoms with Crippen LogP contribution in [0.2, 0.25) is 0 Å². The third kappa shape index (κ3) is 3.56. The fourth-order valence-electron chi connectivity index (χ4n) is 3.05. The molecule has 3 heteroatoms. The van der Waals surface area contributed by atoms with E-state index in [1.165, 1.54) is 19.3 Å². The van der Waals surface area contributed by atoms with Crippen LogP contribution in [0.5, 0.6) is 0 Å². The zero-order valence-corrected chi connectivity index (χ0v) is 10.4. The van der Waals surface area contributed by atoms with Crippen LogP contribution in [0, 0.1) is 5.92 Å². The maximum absolute atomic E-state index is 11.4. The first-order chi connectivity index (χ1) is 8.27. The van der Waals surface area contributed by atoms with Crippen molar-refractivity contribution in [1.29, 1.82) is 0 Å². The average molecular weight is 237 g/mol. The molecule has 0 saturated heterocycles. The molecule has 0 heterocycles. The minimum Gasteiger partial charge on any atom is -0.480 e. The van der Waals surface area contributed by atoms with Crippen LogP contribution in [0.25, 0.3) is 0 Å². The molecule has 0 spiro atoms. The molecule has 0 aliphatic heterocycles. The standard InChI is InChI=1S/C14H23NO2/c16-14(17)13(11-7-3-1-4-8-11)15-12-9-5-2-6-10-12/h1,3,11-13,15H,2,4-10H2,(H,16,17). The lowest BCUT2D eigenvalue weighted by atomic mass is 9.86. The van der Waals surface area contributed by atoms with Crippen molar-refractivity contribution < 1.29 is 9.90 Å². The number of carboxylic acids is 1. The van der Waals surface area contributed by atoms with Gasteiger partial charge in [-0.3, -0.25) is 4.79 Å². The van der Waals surface area contributed by atoms with Crippen LogP contribution in [0.3, 0.4) is 0 Å². The Kier molecular flexibility index (Phi) is 4.60. The summed E-state index contributed by atoms with van der Waals surface area (Å²) in [7, 11) is 0. The van der Waals surface area contributed by atoms with Gasteiger partial charge in [0, 0.05) is 6.04 Å². The van der Waals surface area contributed by atoms with E-state index in [1.807, 2.05) is 0 Å². The molecule has 96 valence electrons. The van der Waals surface area contributed by atoms with E-state index in [4.69, 9.17) is 0 Å². The number of allylic oxidation sites excluding steroid dienone is 2. The normalized spacial score (nSPS) is 27.9. The number of aliphatic carboxylic acids is 1. The summed E-state index contributed by atoms with van der Waals surface area (Å²) in [6, 6.07) is 0.0822. The Balaban J connectivity index is 1.91. The average Bonchev–Trinajstić information content (AvgIpc) is 2.38. The highest BCUT2D eigenvalue weighted by atomic mass is 16.4.